The summed E-state index contributed by atoms with van der Waals surface area (Å²) >= 11 is 3.70. The maximum absolute atomic E-state index is 5.32. The van der Waals surface area contributed by atoms with E-state index in [1.54, 1.807) is 0 Å². The highest BCUT2D eigenvalue weighted by Crippen LogP contribution is 2.50. The van der Waals surface area contributed by atoms with Gasteiger partial charge in [-0.2, -0.15) is 0 Å². The highest BCUT2D eigenvalue weighted by atomic mass is 32.1. The number of thiophene rings is 2. The van der Waals surface area contributed by atoms with Crippen LogP contribution < -0.4 is 0 Å². The Hall–Kier alpha value is -16.0. The molecule has 24 aromatic rings. The third-order valence-corrected chi connectivity index (χ3v) is 26.0. The Balaban J connectivity index is 0.000000143. The fourth-order valence-electron chi connectivity index (χ4n) is 18.0. The van der Waals surface area contributed by atoms with Crippen molar-refractivity contribution in [3.8, 4) is 146 Å². The van der Waals surface area contributed by atoms with Crippen LogP contribution in [-0.4, -0.2) is 39.0 Å². The average Bonchev–Trinajstić information content (AvgIpc) is 1.56. The Morgan fingerprint density at radius 1 is 0.153 bits per heavy atom. The van der Waals surface area contributed by atoms with E-state index in [4.69, 9.17) is 29.9 Å². The van der Waals surface area contributed by atoms with Crippen LogP contribution in [0.5, 0.6) is 0 Å². The Labute approximate surface area is 723 Å². The summed E-state index contributed by atoms with van der Waals surface area (Å²) in [6.07, 6.45) is 0. The topological polar surface area (TPSA) is 87.2 Å². The minimum absolute atomic E-state index is 0.620. The van der Waals surface area contributed by atoms with Crippen LogP contribution in [0.2, 0.25) is 0 Å². The maximum atomic E-state index is 5.32. The largest absolute Gasteiger partial charge is 0.309 e. The summed E-state index contributed by atoms with van der Waals surface area (Å²) in [6, 6.07) is 155. The molecule has 0 saturated heterocycles. The van der Waals surface area contributed by atoms with Crippen LogP contribution in [0.15, 0.2) is 437 Å². The standard InChI is InChI=1S/2C57H36N4S/c1-5-18-37(19-6-1)42-26-13-14-27-43(42)40-32-33-44(48(34-40)57-59-55(38-20-7-2-8-21-38)58-56(60-57)39-22-9-3-10-23-39)46-29-17-31-52-54(46)49-35-51-47(36-53(49)62-52)45-28-15-16-30-50(45)61(51)41-24-11-4-12-25-41;1-5-17-37(18-6-1)43-25-13-14-26-44(43)40-29-31-45(50(34-40)57-59-55(38-19-7-2-8-20-38)58-56(60-57)39-21-9-3-10-22-39)41-30-32-53-48(33-41)49-35-52-47(36-54(49)62-53)46-27-15-16-28-51(46)61(52)42-23-11-4-12-24-42/h2*1-36H. The monoisotopic (exact) mass is 1620 g/mol. The van der Waals surface area contributed by atoms with Gasteiger partial charge in [-0.25, -0.2) is 29.9 Å². The van der Waals surface area contributed by atoms with Crippen molar-refractivity contribution < 1.29 is 0 Å². The lowest BCUT2D eigenvalue weighted by molar-refractivity contribution is 1.07. The molecule has 0 N–H and O–H groups in total. The van der Waals surface area contributed by atoms with Gasteiger partial charge < -0.3 is 9.13 Å². The summed E-state index contributed by atoms with van der Waals surface area (Å²) in [5.74, 6) is 3.77. The lowest BCUT2D eigenvalue weighted by Crippen LogP contribution is -2.01. The zero-order valence-corrected chi connectivity index (χ0v) is 68.6. The highest BCUT2D eigenvalue weighted by molar-refractivity contribution is 7.26. The highest BCUT2D eigenvalue weighted by Gasteiger charge is 2.26. The van der Waals surface area contributed by atoms with E-state index in [-0.39, 0.29) is 0 Å². The molecular weight excluding hydrogens is 1550 g/mol. The van der Waals surface area contributed by atoms with E-state index in [2.05, 4.69) is 373 Å². The molecule has 0 aliphatic rings. The van der Waals surface area contributed by atoms with Crippen LogP contribution in [-0.2, 0) is 0 Å². The van der Waals surface area contributed by atoms with E-state index >= 15 is 0 Å². The van der Waals surface area contributed by atoms with Gasteiger partial charge in [-0.1, -0.05) is 346 Å². The molecule has 580 valence electrons. The van der Waals surface area contributed by atoms with Crippen molar-refractivity contribution in [3.05, 3.63) is 437 Å². The van der Waals surface area contributed by atoms with Gasteiger partial charge in [-0.05, 0) is 158 Å². The van der Waals surface area contributed by atoms with Gasteiger partial charge in [0, 0.05) is 107 Å². The lowest BCUT2D eigenvalue weighted by atomic mass is 9.89. The maximum Gasteiger partial charge on any atom is 0.164 e. The molecule has 0 bridgehead atoms. The first-order valence-electron chi connectivity index (χ1n) is 41.7. The summed E-state index contributed by atoms with van der Waals surface area (Å²) in [5, 5.41) is 9.93. The Morgan fingerprint density at radius 2 is 0.468 bits per heavy atom. The second-order valence-electron chi connectivity index (χ2n) is 31.1. The molecule has 0 atom stereocenters. The number of hydrogen-bond acceptors (Lipinski definition) is 8. The number of para-hydroxylation sites is 4. The van der Waals surface area contributed by atoms with Gasteiger partial charge in [0.1, 0.15) is 0 Å². The molecule has 0 fully saturated rings. The molecule has 0 amide bonds. The molecule has 18 aromatic carbocycles. The van der Waals surface area contributed by atoms with Crippen molar-refractivity contribution >= 4 is 107 Å². The predicted molar refractivity (Wildman–Crippen MR) is 519 cm³/mol. The van der Waals surface area contributed by atoms with Crippen molar-refractivity contribution in [1.29, 1.82) is 0 Å². The summed E-state index contributed by atoms with van der Waals surface area (Å²) < 4.78 is 9.81. The van der Waals surface area contributed by atoms with Gasteiger partial charge in [0.25, 0.3) is 0 Å². The van der Waals surface area contributed by atoms with Crippen molar-refractivity contribution in [3.63, 3.8) is 0 Å². The van der Waals surface area contributed by atoms with E-state index < -0.39 is 0 Å². The quantitative estimate of drug-likeness (QED) is 0.108. The smallest absolute Gasteiger partial charge is 0.164 e. The Bertz CT molecular complexity index is 8080. The molecule has 6 aromatic heterocycles. The fourth-order valence-corrected chi connectivity index (χ4v) is 20.2. The summed E-state index contributed by atoms with van der Waals surface area (Å²) in [6.45, 7) is 0. The Morgan fingerprint density at radius 3 is 0.919 bits per heavy atom. The first-order valence-corrected chi connectivity index (χ1v) is 43.3. The molecule has 124 heavy (non-hydrogen) atoms. The van der Waals surface area contributed by atoms with Crippen molar-refractivity contribution in [1.82, 2.24) is 39.0 Å². The molecule has 0 spiro atoms. The second kappa shape index (κ2) is 31.3. The average molecular weight is 1620 g/mol. The molecule has 8 nitrogen and oxygen atoms in total. The molecule has 0 unspecified atom stereocenters. The minimum Gasteiger partial charge on any atom is -0.309 e. The normalized spacial score (nSPS) is 11.5. The van der Waals surface area contributed by atoms with Gasteiger partial charge >= 0.3 is 0 Å². The van der Waals surface area contributed by atoms with Crippen LogP contribution in [0.3, 0.4) is 0 Å². The van der Waals surface area contributed by atoms with Crippen molar-refractivity contribution in [2.45, 2.75) is 0 Å². The van der Waals surface area contributed by atoms with E-state index in [1.807, 2.05) is 95.5 Å². The van der Waals surface area contributed by atoms with Gasteiger partial charge in [-0.15, -0.1) is 22.7 Å². The SMILES string of the molecule is c1ccc(-c2nc(-c3ccccc3)nc(-c3cc(-c4ccccc4-c4ccccc4)ccc3-c3ccc4sc5cc6c7ccccc7n(-c7ccccc7)c6cc5c4c3)n2)cc1.c1ccc(-c2nc(-c3ccccc3)nc(-c3cc(-c4ccccc4-c4ccccc4)ccc3-c3cccc4sc5cc6c7ccccc7n(-c7ccccc7)c6cc5c34)n2)cc1. The number of benzene rings is 18. The molecule has 0 radical (unpaired) electrons. The van der Waals surface area contributed by atoms with Gasteiger partial charge in [0.2, 0.25) is 0 Å². The first kappa shape index (κ1) is 73.2. The van der Waals surface area contributed by atoms with Gasteiger partial charge in [-0.3, -0.25) is 0 Å². The van der Waals surface area contributed by atoms with E-state index in [1.165, 1.54) is 106 Å². The van der Waals surface area contributed by atoms with Gasteiger partial charge in [0.15, 0.2) is 34.9 Å². The first-order chi connectivity index (χ1) is 61.5. The van der Waals surface area contributed by atoms with Crippen LogP contribution in [0, 0.1) is 0 Å². The van der Waals surface area contributed by atoms with E-state index in [0.717, 1.165) is 89.3 Å². The number of nitrogens with zero attached hydrogens (tertiary/aromatic N) is 8. The summed E-state index contributed by atoms with van der Waals surface area (Å²) in [5.41, 5.74) is 26.2. The minimum atomic E-state index is 0.620. The van der Waals surface area contributed by atoms with E-state index in [0.29, 0.717) is 34.9 Å². The van der Waals surface area contributed by atoms with Crippen LogP contribution >= 0.6 is 22.7 Å². The molecule has 6 heterocycles. The zero-order valence-electron chi connectivity index (χ0n) is 67.0. The predicted octanol–water partition coefficient (Wildman–Crippen LogP) is 30.7. The van der Waals surface area contributed by atoms with Gasteiger partial charge in [0.05, 0.1) is 22.1 Å². The molecule has 24 rings (SSSR count). The summed E-state index contributed by atoms with van der Waals surface area (Å²) in [7, 11) is 0. The summed E-state index contributed by atoms with van der Waals surface area (Å²) in [4.78, 5) is 31.3. The molecule has 0 saturated carbocycles. The number of rotatable bonds is 14. The molecule has 0 aliphatic heterocycles. The fraction of sp³-hybridized carbons (Fsp3) is 0. The third-order valence-electron chi connectivity index (χ3n) is 23.7. The van der Waals surface area contributed by atoms with Crippen LogP contribution in [0.25, 0.3) is 230 Å². The third kappa shape index (κ3) is 13.3. The Kier molecular flexibility index (Phi) is 18.5. The zero-order chi connectivity index (χ0) is 82.0. The second-order valence-corrected chi connectivity index (χ2v) is 33.3. The molecule has 10 heteroatoms. The molecule has 0 aliphatic carbocycles. The number of fused-ring (bicyclic) bond motifs is 12. The lowest BCUT2D eigenvalue weighted by Gasteiger charge is -2.16. The van der Waals surface area contributed by atoms with Crippen LogP contribution in [0.1, 0.15) is 0 Å². The van der Waals surface area contributed by atoms with Crippen molar-refractivity contribution in [2.75, 3.05) is 0 Å². The number of aromatic nitrogens is 8. The van der Waals surface area contributed by atoms with Crippen molar-refractivity contribution in [2.24, 2.45) is 0 Å². The molecular formula is C114H72N8S2. The van der Waals surface area contributed by atoms with E-state index in [9.17, 15) is 0 Å². The van der Waals surface area contributed by atoms with Crippen LogP contribution in [0.4, 0.5) is 0 Å². The number of hydrogen-bond donors (Lipinski definition) is 0.